The van der Waals surface area contributed by atoms with Crippen LogP contribution in [0, 0.1) is 5.82 Å². The maximum atomic E-state index is 14.5. The maximum Gasteiger partial charge on any atom is 0.243 e. The molecule has 4 rings (SSSR count). The van der Waals surface area contributed by atoms with E-state index < -0.39 is 26.3 Å². The molecule has 154 valence electrons. The number of nitrogens with two attached hydrogens (primary N) is 1. The normalized spacial score (nSPS) is 22.8. The molecule has 0 bridgehead atoms. The number of rotatable bonds is 4. The van der Waals surface area contributed by atoms with Gasteiger partial charge in [0.25, 0.3) is 0 Å². The Morgan fingerprint density at radius 1 is 1.31 bits per heavy atom. The number of sulfonamides is 1. The van der Waals surface area contributed by atoms with E-state index >= 15 is 0 Å². The Kier molecular flexibility index (Phi) is 4.80. The number of hydrogen-bond donors (Lipinski definition) is 3. The summed E-state index contributed by atoms with van der Waals surface area (Å²) in [5.74, 6) is -0.595. The van der Waals surface area contributed by atoms with Crippen LogP contribution in [0.15, 0.2) is 41.7 Å². The highest BCUT2D eigenvalue weighted by Gasteiger charge is 2.32. The third-order valence-corrected chi connectivity index (χ3v) is 6.89. The van der Waals surface area contributed by atoms with Gasteiger partial charge in [0, 0.05) is 24.0 Å². The highest BCUT2D eigenvalue weighted by atomic mass is 32.2. The van der Waals surface area contributed by atoms with Crippen LogP contribution in [0.4, 0.5) is 10.2 Å². The van der Waals surface area contributed by atoms with E-state index in [2.05, 4.69) is 14.7 Å². The zero-order valence-corrected chi connectivity index (χ0v) is 16.7. The Labute approximate surface area is 167 Å². The number of aliphatic hydroxyl groups is 1. The molecule has 1 aromatic carbocycles. The summed E-state index contributed by atoms with van der Waals surface area (Å²) in [4.78, 5) is 7.75. The molecule has 0 saturated heterocycles. The van der Waals surface area contributed by atoms with Crippen LogP contribution in [0.25, 0.3) is 16.9 Å². The number of benzene rings is 1. The maximum absolute atomic E-state index is 14.5. The van der Waals surface area contributed by atoms with Gasteiger partial charge >= 0.3 is 0 Å². The van der Waals surface area contributed by atoms with Crippen molar-refractivity contribution >= 4 is 21.5 Å². The molecule has 0 aliphatic heterocycles. The smallest absolute Gasteiger partial charge is 0.243 e. The van der Waals surface area contributed by atoms with Crippen LogP contribution in [0.5, 0.6) is 0 Å². The molecule has 2 aromatic heterocycles. The fraction of sp³-hybridized carbons (Fsp3) is 0.368. The van der Waals surface area contributed by atoms with Crippen LogP contribution in [-0.4, -0.2) is 39.5 Å². The molecule has 0 atom stereocenters. The third-order valence-electron chi connectivity index (χ3n) is 5.36. The fourth-order valence-electron chi connectivity index (χ4n) is 3.66. The van der Waals surface area contributed by atoms with Crippen molar-refractivity contribution in [3.8, 4) is 11.3 Å². The molecule has 0 unspecified atom stereocenters. The Hall–Kier alpha value is -2.56. The molecule has 1 fully saturated rings. The van der Waals surface area contributed by atoms with Crippen molar-refractivity contribution in [1.29, 1.82) is 0 Å². The van der Waals surface area contributed by atoms with E-state index in [1.54, 1.807) is 17.5 Å². The molecular weight excluding hydrogens is 397 g/mol. The van der Waals surface area contributed by atoms with E-state index in [4.69, 9.17) is 5.73 Å². The number of nitrogens with one attached hydrogen (secondary N) is 1. The number of nitrogens with zero attached hydrogens (tertiary/aromatic N) is 3. The van der Waals surface area contributed by atoms with Crippen LogP contribution in [0.2, 0.25) is 0 Å². The predicted molar refractivity (Wildman–Crippen MR) is 106 cm³/mol. The summed E-state index contributed by atoms with van der Waals surface area (Å²) in [6.07, 6.45) is 6.65. The van der Waals surface area contributed by atoms with Crippen molar-refractivity contribution in [1.82, 2.24) is 19.1 Å². The first kappa shape index (κ1) is 19.7. The molecule has 29 heavy (non-hydrogen) atoms. The quantitative estimate of drug-likeness (QED) is 0.595. The number of fused-ring (bicyclic) bond motifs is 1. The topological polar surface area (TPSA) is 123 Å². The van der Waals surface area contributed by atoms with Gasteiger partial charge in [-0.15, -0.1) is 0 Å². The molecule has 1 aliphatic rings. The molecule has 0 amide bonds. The average molecular weight is 419 g/mol. The van der Waals surface area contributed by atoms with Gasteiger partial charge in [-0.3, -0.25) is 4.40 Å². The molecule has 8 nitrogen and oxygen atoms in total. The molecule has 0 radical (unpaired) electrons. The van der Waals surface area contributed by atoms with Crippen LogP contribution in [0.3, 0.4) is 0 Å². The van der Waals surface area contributed by atoms with Gasteiger partial charge in [0.05, 0.1) is 17.5 Å². The number of hydrogen-bond acceptors (Lipinski definition) is 6. The van der Waals surface area contributed by atoms with Crippen LogP contribution < -0.4 is 10.5 Å². The van der Waals surface area contributed by atoms with Crippen LogP contribution in [0.1, 0.15) is 32.6 Å². The van der Waals surface area contributed by atoms with Crippen molar-refractivity contribution in [2.75, 3.05) is 5.73 Å². The summed E-state index contributed by atoms with van der Waals surface area (Å²) >= 11 is 0. The van der Waals surface area contributed by atoms with E-state index in [0.29, 0.717) is 42.6 Å². The fourth-order valence-corrected chi connectivity index (χ4v) is 5.07. The molecule has 1 aliphatic carbocycles. The number of halogens is 1. The summed E-state index contributed by atoms with van der Waals surface area (Å²) < 4.78 is 44.4. The zero-order chi connectivity index (χ0) is 20.8. The summed E-state index contributed by atoms with van der Waals surface area (Å²) in [6, 6.07) is 3.56. The Morgan fingerprint density at radius 3 is 2.76 bits per heavy atom. The average Bonchev–Trinajstić information content (AvgIpc) is 3.09. The Morgan fingerprint density at radius 2 is 2.03 bits per heavy atom. The van der Waals surface area contributed by atoms with Crippen molar-refractivity contribution in [3.05, 3.63) is 42.6 Å². The minimum atomic E-state index is -4.08. The predicted octanol–water partition coefficient (Wildman–Crippen LogP) is 2.09. The van der Waals surface area contributed by atoms with Gasteiger partial charge in [-0.05, 0) is 50.8 Å². The first-order valence-corrected chi connectivity index (χ1v) is 10.8. The second-order valence-corrected chi connectivity index (χ2v) is 9.37. The lowest BCUT2D eigenvalue weighted by molar-refractivity contribution is 0.0163. The minimum absolute atomic E-state index is 0.239. The molecule has 0 spiro atoms. The van der Waals surface area contributed by atoms with Crippen molar-refractivity contribution < 1.29 is 17.9 Å². The Balaban J connectivity index is 1.67. The highest BCUT2D eigenvalue weighted by molar-refractivity contribution is 7.89. The lowest BCUT2D eigenvalue weighted by atomic mass is 9.84. The van der Waals surface area contributed by atoms with E-state index in [0.717, 1.165) is 6.07 Å². The lowest BCUT2D eigenvalue weighted by Crippen LogP contribution is -2.42. The SMILES string of the molecule is CC1(O)CCC(NS(=O)(=O)c2cc(-c3cnc4c(N)nccn34)ccc2F)CC1. The molecule has 1 saturated carbocycles. The summed E-state index contributed by atoms with van der Waals surface area (Å²) in [6.45, 7) is 1.74. The highest BCUT2D eigenvalue weighted by Crippen LogP contribution is 2.30. The lowest BCUT2D eigenvalue weighted by Gasteiger charge is -2.33. The number of aromatic nitrogens is 3. The van der Waals surface area contributed by atoms with Gasteiger partial charge in [-0.25, -0.2) is 27.5 Å². The molecule has 10 heteroatoms. The number of imidazole rings is 1. The first-order chi connectivity index (χ1) is 13.7. The zero-order valence-electron chi connectivity index (χ0n) is 15.8. The van der Waals surface area contributed by atoms with E-state index in [1.165, 1.54) is 24.5 Å². The molecule has 2 heterocycles. The van der Waals surface area contributed by atoms with Gasteiger partial charge in [0.15, 0.2) is 11.5 Å². The van der Waals surface area contributed by atoms with Crippen LogP contribution in [-0.2, 0) is 10.0 Å². The number of anilines is 1. The summed E-state index contributed by atoms with van der Waals surface area (Å²) in [5.41, 5.74) is 6.52. The van der Waals surface area contributed by atoms with Gasteiger partial charge in [-0.1, -0.05) is 0 Å². The molecule has 4 N–H and O–H groups in total. The van der Waals surface area contributed by atoms with Gasteiger partial charge in [0.1, 0.15) is 10.7 Å². The van der Waals surface area contributed by atoms with Crippen LogP contribution >= 0.6 is 0 Å². The van der Waals surface area contributed by atoms with Gasteiger partial charge in [0.2, 0.25) is 10.0 Å². The second-order valence-electron chi connectivity index (χ2n) is 7.69. The Bertz CT molecular complexity index is 1170. The largest absolute Gasteiger partial charge is 0.390 e. The van der Waals surface area contributed by atoms with E-state index in [1.807, 2.05) is 0 Å². The van der Waals surface area contributed by atoms with Gasteiger partial charge in [-0.2, -0.15) is 0 Å². The molecular formula is C19H22FN5O3S. The second kappa shape index (κ2) is 7.05. The summed E-state index contributed by atoms with van der Waals surface area (Å²) in [5, 5.41) is 10.0. The van der Waals surface area contributed by atoms with Crippen molar-refractivity contribution in [3.63, 3.8) is 0 Å². The van der Waals surface area contributed by atoms with Crippen molar-refractivity contribution in [2.45, 2.75) is 49.1 Å². The van der Waals surface area contributed by atoms with E-state index in [9.17, 15) is 17.9 Å². The monoisotopic (exact) mass is 419 g/mol. The van der Waals surface area contributed by atoms with E-state index in [-0.39, 0.29) is 11.9 Å². The van der Waals surface area contributed by atoms with Crippen molar-refractivity contribution in [2.24, 2.45) is 0 Å². The first-order valence-electron chi connectivity index (χ1n) is 9.28. The standard InChI is InChI=1S/C19H22FN5O3S/c1-19(26)6-4-13(5-7-19)24-29(27,28)16-10-12(2-3-14(16)20)15-11-23-18-17(21)22-8-9-25(15)18/h2-3,8-11,13,24,26H,4-7H2,1H3,(H2,21,22). The van der Waals surface area contributed by atoms with Gasteiger partial charge < -0.3 is 10.8 Å². The third kappa shape index (κ3) is 3.83. The summed E-state index contributed by atoms with van der Waals surface area (Å²) in [7, 11) is -4.08. The number of nitrogen functional groups attached to an aromatic ring is 1. The minimum Gasteiger partial charge on any atom is -0.390 e. The molecule has 3 aromatic rings.